The van der Waals surface area contributed by atoms with Gasteiger partial charge >= 0.3 is 5.97 Å². The molecular formula is C16H12O2S. The van der Waals surface area contributed by atoms with Gasteiger partial charge in [0, 0.05) is 9.58 Å². The predicted octanol–water partition coefficient (Wildman–Crippen LogP) is 4.20. The maximum Gasteiger partial charge on any atom is 0.307 e. The van der Waals surface area contributed by atoms with E-state index in [1.54, 1.807) is 11.3 Å². The molecule has 0 saturated heterocycles. The van der Waals surface area contributed by atoms with Gasteiger partial charge in [-0.25, -0.2) is 0 Å². The highest BCUT2D eigenvalue weighted by molar-refractivity contribution is 7.22. The highest BCUT2D eigenvalue weighted by Crippen LogP contribution is 2.35. The summed E-state index contributed by atoms with van der Waals surface area (Å²) in [7, 11) is 0. The molecule has 2 nitrogen and oxygen atoms in total. The molecule has 0 aliphatic rings. The second-order valence-corrected chi connectivity index (χ2v) is 5.46. The molecular weight excluding hydrogens is 256 g/mol. The lowest BCUT2D eigenvalue weighted by Gasteiger charge is -2.04. The fourth-order valence-electron chi connectivity index (χ4n) is 2.19. The summed E-state index contributed by atoms with van der Waals surface area (Å²) in [4.78, 5) is 12.1. The molecule has 94 valence electrons. The van der Waals surface area contributed by atoms with E-state index in [0.717, 1.165) is 16.0 Å². The van der Waals surface area contributed by atoms with Crippen molar-refractivity contribution in [3.05, 3.63) is 60.2 Å². The van der Waals surface area contributed by atoms with Gasteiger partial charge in [-0.1, -0.05) is 42.5 Å². The SMILES string of the molecule is O=C(O)Cc1ccccc1-c1cc2ccccc2s1. The van der Waals surface area contributed by atoms with Crippen molar-refractivity contribution < 1.29 is 9.90 Å². The number of carboxylic acids is 1. The van der Waals surface area contributed by atoms with Gasteiger partial charge in [0.2, 0.25) is 0 Å². The van der Waals surface area contributed by atoms with Gasteiger partial charge in [-0.15, -0.1) is 11.3 Å². The van der Waals surface area contributed by atoms with E-state index in [4.69, 9.17) is 5.11 Å². The normalized spacial score (nSPS) is 10.7. The van der Waals surface area contributed by atoms with Crippen LogP contribution in [0, 0.1) is 0 Å². The fraction of sp³-hybridized carbons (Fsp3) is 0.0625. The van der Waals surface area contributed by atoms with Gasteiger partial charge in [0.15, 0.2) is 0 Å². The molecule has 0 aliphatic heterocycles. The zero-order valence-electron chi connectivity index (χ0n) is 10.2. The summed E-state index contributed by atoms with van der Waals surface area (Å²) in [5, 5.41) is 10.2. The monoisotopic (exact) mass is 268 g/mol. The Morgan fingerprint density at radius 1 is 1.05 bits per heavy atom. The van der Waals surface area contributed by atoms with Crippen LogP contribution in [-0.2, 0) is 11.2 Å². The third-order valence-electron chi connectivity index (χ3n) is 3.05. The van der Waals surface area contributed by atoms with Crippen LogP contribution in [-0.4, -0.2) is 11.1 Å². The fourth-order valence-corrected chi connectivity index (χ4v) is 3.32. The summed E-state index contributed by atoms with van der Waals surface area (Å²) in [5.41, 5.74) is 1.88. The standard InChI is InChI=1S/C16H12O2S/c17-16(18)10-11-5-1-3-7-13(11)15-9-12-6-2-4-8-14(12)19-15/h1-9H,10H2,(H,17,18). The molecule has 0 unspecified atom stereocenters. The first-order valence-electron chi connectivity index (χ1n) is 6.03. The second-order valence-electron chi connectivity index (χ2n) is 4.38. The van der Waals surface area contributed by atoms with E-state index in [2.05, 4.69) is 18.2 Å². The molecule has 0 aliphatic carbocycles. The molecule has 0 spiro atoms. The van der Waals surface area contributed by atoms with Crippen molar-refractivity contribution in [2.45, 2.75) is 6.42 Å². The van der Waals surface area contributed by atoms with Crippen LogP contribution in [0.1, 0.15) is 5.56 Å². The summed E-state index contributed by atoms with van der Waals surface area (Å²) in [6.07, 6.45) is 0.0599. The Morgan fingerprint density at radius 3 is 2.58 bits per heavy atom. The first-order valence-corrected chi connectivity index (χ1v) is 6.84. The maximum atomic E-state index is 10.9. The van der Waals surface area contributed by atoms with Gasteiger partial charge in [0.1, 0.15) is 0 Å². The molecule has 2 aromatic carbocycles. The zero-order valence-corrected chi connectivity index (χ0v) is 11.0. The Bertz CT molecular complexity index is 710. The largest absolute Gasteiger partial charge is 0.481 e. The molecule has 1 heterocycles. The van der Waals surface area contributed by atoms with Crippen LogP contribution in [0.2, 0.25) is 0 Å². The van der Waals surface area contributed by atoms with E-state index in [9.17, 15) is 4.79 Å². The minimum absolute atomic E-state index is 0.0599. The van der Waals surface area contributed by atoms with Crippen molar-refractivity contribution in [1.82, 2.24) is 0 Å². The molecule has 0 fully saturated rings. The van der Waals surface area contributed by atoms with Gasteiger partial charge in [-0.3, -0.25) is 4.79 Å². The van der Waals surface area contributed by atoms with E-state index in [1.165, 1.54) is 10.1 Å². The lowest BCUT2D eigenvalue weighted by molar-refractivity contribution is -0.136. The van der Waals surface area contributed by atoms with Gasteiger partial charge in [0.05, 0.1) is 6.42 Å². The molecule has 0 atom stereocenters. The third kappa shape index (κ3) is 2.37. The number of aliphatic carboxylic acids is 1. The molecule has 0 radical (unpaired) electrons. The number of rotatable bonds is 3. The van der Waals surface area contributed by atoms with E-state index in [-0.39, 0.29) is 6.42 Å². The minimum atomic E-state index is -0.798. The number of carboxylic acid groups (broad SMARTS) is 1. The van der Waals surface area contributed by atoms with Gasteiger partial charge in [-0.2, -0.15) is 0 Å². The van der Waals surface area contributed by atoms with E-state index in [1.807, 2.05) is 36.4 Å². The first kappa shape index (κ1) is 11.9. The number of hydrogen-bond acceptors (Lipinski definition) is 2. The van der Waals surface area contributed by atoms with Crippen LogP contribution in [0.4, 0.5) is 0 Å². The van der Waals surface area contributed by atoms with Crippen LogP contribution in [0.25, 0.3) is 20.5 Å². The lowest BCUT2D eigenvalue weighted by Crippen LogP contribution is -2.01. The van der Waals surface area contributed by atoms with Crippen LogP contribution >= 0.6 is 11.3 Å². The lowest BCUT2D eigenvalue weighted by atomic mass is 10.0. The number of carbonyl (C=O) groups is 1. The van der Waals surface area contributed by atoms with E-state index < -0.39 is 5.97 Å². The summed E-state index contributed by atoms with van der Waals surface area (Å²) in [5.74, 6) is -0.798. The molecule has 19 heavy (non-hydrogen) atoms. The molecule has 0 saturated carbocycles. The van der Waals surface area contributed by atoms with Crippen molar-refractivity contribution in [1.29, 1.82) is 0 Å². The highest BCUT2D eigenvalue weighted by atomic mass is 32.1. The molecule has 3 rings (SSSR count). The van der Waals surface area contributed by atoms with Crippen molar-refractivity contribution in [2.24, 2.45) is 0 Å². The molecule has 1 N–H and O–H groups in total. The van der Waals surface area contributed by atoms with Crippen molar-refractivity contribution in [2.75, 3.05) is 0 Å². The average molecular weight is 268 g/mol. The summed E-state index contributed by atoms with van der Waals surface area (Å²) in [6, 6.07) is 18.0. The van der Waals surface area contributed by atoms with Gasteiger partial charge in [0.25, 0.3) is 0 Å². The highest BCUT2D eigenvalue weighted by Gasteiger charge is 2.10. The molecule has 3 aromatic rings. The quantitative estimate of drug-likeness (QED) is 0.773. The van der Waals surface area contributed by atoms with Crippen LogP contribution < -0.4 is 0 Å². The Kier molecular flexibility index (Phi) is 3.05. The Labute approximate surface area is 114 Å². The topological polar surface area (TPSA) is 37.3 Å². The molecule has 3 heteroatoms. The first-order chi connectivity index (χ1) is 9.24. The molecule has 0 bridgehead atoms. The van der Waals surface area contributed by atoms with E-state index >= 15 is 0 Å². The number of hydrogen-bond donors (Lipinski definition) is 1. The van der Waals surface area contributed by atoms with Gasteiger partial charge < -0.3 is 5.11 Å². The number of fused-ring (bicyclic) bond motifs is 1. The van der Waals surface area contributed by atoms with Crippen LogP contribution in [0.5, 0.6) is 0 Å². The predicted molar refractivity (Wildman–Crippen MR) is 78.6 cm³/mol. The average Bonchev–Trinajstić information content (AvgIpc) is 2.82. The minimum Gasteiger partial charge on any atom is -0.481 e. The number of benzene rings is 2. The van der Waals surface area contributed by atoms with Crippen molar-refractivity contribution in [3.8, 4) is 10.4 Å². The third-order valence-corrected chi connectivity index (χ3v) is 4.20. The van der Waals surface area contributed by atoms with Crippen LogP contribution in [0.3, 0.4) is 0 Å². The van der Waals surface area contributed by atoms with E-state index in [0.29, 0.717) is 0 Å². The Morgan fingerprint density at radius 2 is 1.79 bits per heavy atom. The molecule has 1 aromatic heterocycles. The van der Waals surface area contributed by atoms with Gasteiger partial charge in [-0.05, 0) is 28.6 Å². The second kappa shape index (κ2) is 4.86. The Balaban J connectivity index is 2.13. The van der Waals surface area contributed by atoms with Crippen molar-refractivity contribution in [3.63, 3.8) is 0 Å². The maximum absolute atomic E-state index is 10.9. The Hall–Kier alpha value is -2.13. The smallest absolute Gasteiger partial charge is 0.307 e. The zero-order chi connectivity index (χ0) is 13.2. The van der Waals surface area contributed by atoms with Crippen molar-refractivity contribution >= 4 is 27.4 Å². The summed E-state index contributed by atoms with van der Waals surface area (Å²) in [6.45, 7) is 0. The summed E-state index contributed by atoms with van der Waals surface area (Å²) >= 11 is 1.70. The van der Waals surface area contributed by atoms with Crippen LogP contribution in [0.15, 0.2) is 54.6 Å². The summed E-state index contributed by atoms with van der Waals surface area (Å²) < 4.78 is 1.22. The number of thiophene rings is 1. The molecule has 0 amide bonds.